The number of hydrazone groups is 1. The molecule has 0 fully saturated rings. The fraction of sp³-hybridized carbons (Fsp3) is 0.0667. The van der Waals surface area contributed by atoms with E-state index in [1.807, 2.05) is 12.1 Å². The van der Waals surface area contributed by atoms with E-state index in [4.69, 9.17) is 10.00 Å². The summed E-state index contributed by atoms with van der Waals surface area (Å²) in [6, 6.07) is 13.9. The lowest BCUT2D eigenvalue weighted by Crippen LogP contribution is -2.24. The third-order valence-corrected chi connectivity index (χ3v) is 2.43. The molecule has 0 aliphatic carbocycles. The molecule has 2 aromatic rings. The Morgan fingerprint density at radius 2 is 2.14 bits per heavy atom. The zero-order valence-corrected chi connectivity index (χ0v) is 11.1. The van der Waals surface area contributed by atoms with Gasteiger partial charge >= 0.3 is 0 Å². The van der Waals surface area contributed by atoms with E-state index in [0.29, 0.717) is 17.0 Å². The SMILES string of the molecule is N#Cc1ccc(OCC(=O)N/N=C\c2ccccn2)cc1. The number of ether oxygens (including phenoxy) is 1. The molecule has 1 amide bonds. The van der Waals surface area contributed by atoms with Crippen LogP contribution in [0, 0.1) is 11.3 Å². The molecule has 1 aromatic heterocycles. The van der Waals surface area contributed by atoms with Gasteiger partial charge in [-0.2, -0.15) is 10.4 Å². The summed E-state index contributed by atoms with van der Waals surface area (Å²) >= 11 is 0. The lowest BCUT2D eigenvalue weighted by atomic mass is 10.2. The van der Waals surface area contributed by atoms with E-state index in [2.05, 4.69) is 15.5 Å². The number of benzene rings is 1. The molecule has 104 valence electrons. The number of pyridine rings is 1. The molecule has 0 spiro atoms. The zero-order chi connectivity index (χ0) is 14.9. The number of hydrogen-bond donors (Lipinski definition) is 1. The number of amides is 1. The molecular weight excluding hydrogens is 268 g/mol. The Labute approximate surface area is 121 Å². The first-order valence-corrected chi connectivity index (χ1v) is 6.14. The second-order valence-electron chi connectivity index (χ2n) is 3.97. The summed E-state index contributed by atoms with van der Waals surface area (Å²) in [7, 11) is 0. The summed E-state index contributed by atoms with van der Waals surface area (Å²) in [5.74, 6) is 0.129. The Balaban J connectivity index is 1.77. The predicted molar refractivity (Wildman–Crippen MR) is 76.6 cm³/mol. The van der Waals surface area contributed by atoms with E-state index in [9.17, 15) is 4.79 Å². The minimum Gasteiger partial charge on any atom is -0.484 e. The van der Waals surface area contributed by atoms with Crippen molar-refractivity contribution in [2.45, 2.75) is 0 Å². The first kappa shape index (κ1) is 14.2. The first-order valence-electron chi connectivity index (χ1n) is 6.14. The summed E-state index contributed by atoms with van der Waals surface area (Å²) in [6.07, 6.45) is 3.08. The molecule has 0 aliphatic heterocycles. The van der Waals surface area contributed by atoms with Crippen LogP contribution in [0.4, 0.5) is 0 Å². The van der Waals surface area contributed by atoms with Crippen LogP contribution in [0.2, 0.25) is 0 Å². The Hall–Kier alpha value is -3.20. The molecule has 1 heterocycles. The third-order valence-electron chi connectivity index (χ3n) is 2.43. The van der Waals surface area contributed by atoms with Gasteiger partial charge in [0.25, 0.3) is 5.91 Å². The summed E-state index contributed by atoms with van der Waals surface area (Å²) in [5.41, 5.74) is 3.52. The zero-order valence-electron chi connectivity index (χ0n) is 11.1. The highest BCUT2D eigenvalue weighted by Crippen LogP contribution is 2.11. The summed E-state index contributed by atoms with van der Waals surface area (Å²) in [5, 5.41) is 12.4. The highest BCUT2D eigenvalue weighted by atomic mass is 16.5. The van der Waals surface area contributed by atoms with Crippen molar-refractivity contribution in [1.82, 2.24) is 10.4 Å². The summed E-state index contributed by atoms with van der Waals surface area (Å²) < 4.78 is 5.26. The molecular formula is C15H12N4O2. The van der Waals surface area contributed by atoms with E-state index in [1.165, 1.54) is 6.21 Å². The van der Waals surface area contributed by atoms with Gasteiger partial charge in [0.2, 0.25) is 0 Å². The average Bonchev–Trinajstić information content (AvgIpc) is 2.54. The first-order chi connectivity index (χ1) is 10.3. The number of hydrogen-bond acceptors (Lipinski definition) is 5. The van der Waals surface area contributed by atoms with Crippen LogP contribution in [0.25, 0.3) is 0 Å². The van der Waals surface area contributed by atoms with Crippen molar-refractivity contribution in [3.05, 3.63) is 59.9 Å². The van der Waals surface area contributed by atoms with Crippen LogP contribution in [0.3, 0.4) is 0 Å². The lowest BCUT2D eigenvalue weighted by molar-refractivity contribution is -0.123. The highest BCUT2D eigenvalue weighted by Gasteiger charge is 2.01. The lowest BCUT2D eigenvalue weighted by Gasteiger charge is -2.04. The smallest absolute Gasteiger partial charge is 0.277 e. The maximum absolute atomic E-state index is 11.5. The second kappa shape index (κ2) is 7.40. The van der Waals surface area contributed by atoms with Crippen LogP contribution in [-0.4, -0.2) is 23.7 Å². The molecule has 6 nitrogen and oxygen atoms in total. The Morgan fingerprint density at radius 1 is 1.33 bits per heavy atom. The largest absolute Gasteiger partial charge is 0.484 e. The van der Waals surface area contributed by atoms with Gasteiger partial charge < -0.3 is 4.74 Å². The van der Waals surface area contributed by atoms with Crippen molar-refractivity contribution >= 4 is 12.1 Å². The number of nitriles is 1. The van der Waals surface area contributed by atoms with Gasteiger partial charge in [-0.1, -0.05) is 6.07 Å². The fourth-order valence-electron chi connectivity index (χ4n) is 1.43. The Kier molecular flexibility index (Phi) is 5.01. The van der Waals surface area contributed by atoms with Crippen LogP contribution < -0.4 is 10.2 Å². The van der Waals surface area contributed by atoms with Crippen LogP contribution in [-0.2, 0) is 4.79 Å². The molecule has 0 saturated carbocycles. The van der Waals surface area contributed by atoms with E-state index in [1.54, 1.807) is 42.6 Å². The van der Waals surface area contributed by atoms with Gasteiger partial charge in [-0.25, -0.2) is 5.43 Å². The molecule has 1 N–H and O–H groups in total. The molecule has 0 atom stereocenters. The summed E-state index contributed by atoms with van der Waals surface area (Å²) in [4.78, 5) is 15.5. The number of aromatic nitrogens is 1. The fourth-order valence-corrected chi connectivity index (χ4v) is 1.43. The number of carbonyl (C=O) groups excluding carboxylic acids is 1. The highest BCUT2D eigenvalue weighted by molar-refractivity contribution is 5.81. The molecule has 1 aromatic carbocycles. The number of rotatable bonds is 5. The van der Waals surface area contributed by atoms with E-state index >= 15 is 0 Å². The van der Waals surface area contributed by atoms with Gasteiger partial charge in [-0.05, 0) is 36.4 Å². The molecule has 0 unspecified atom stereocenters. The van der Waals surface area contributed by atoms with Crippen LogP contribution in [0.1, 0.15) is 11.3 Å². The van der Waals surface area contributed by atoms with Crippen molar-refractivity contribution in [2.24, 2.45) is 5.10 Å². The topological polar surface area (TPSA) is 87.4 Å². The molecule has 21 heavy (non-hydrogen) atoms. The molecule has 6 heteroatoms. The van der Waals surface area contributed by atoms with E-state index < -0.39 is 0 Å². The average molecular weight is 280 g/mol. The van der Waals surface area contributed by atoms with Crippen molar-refractivity contribution in [3.63, 3.8) is 0 Å². The number of nitrogens with zero attached hydrogens (tertiary/aromatic N) is 3. The standard InChI is InChI=1S/C15H12N4O2/c16-9-12-4-6-14(7-5-12)21-11-15(20)19-18-10-13-3-1-2-8-17-13/h1-8,10H,11H2,(H,19,20)/b18-10-. The maximum Gasteiger partial charge on any atom is 0.277 e. The van der Waals surface area contributed by atoms with Crippen LogP contribution in [0.15, 0.2) is 53.8 Å². The van der Waals surface area contributed by atoms with Crippen molar-refractivity contribution < 1.29 is 9.53 Å². The molecule has 0 radical (unpaired) electrons. The molecule has 0 bridgehead atoms. The normalized spacial score (nSPS) is 10.0. The molecule has 0 aliphatic rings. The number of nitrogens with one attached hydrogen (secondary N) is 1. The van der Waals surface area contributed by atoms with Gasteiger partial charge in [0.05, 0.1) is 23.5 Å². The van der Waals surface area contributed by atoms with Crippen molar-refractivity contribution in [2.75, 3.05) is 6.61 Å². The second-order valence-corrected chi connectivity index (χ2v) is 3.97. The van der Waals surface area contributed by atoms with E-state index in [0.717, 1.165) is 0 Å². The Bertz CT molecular complexity index is 660. The van der Waals surface area contributed by atoms with Crippen LogP contribution in [0.5, 0.6) is 5.75 Å². The van der Waals surface area contributed by atoms with Gasteiger partial charge in [0, 0.05) is 6.20 Å². The maximum atomic E-state index is 11.5. The predicted octanol–water partition coefficient (Wildman–Crippen LogP) is 1.48. The molecule has 2 rings (SSSR count). The monoisotopic (exact) mass is 280 g/mol. The van der Waals surface area contributed by atoms with Gasteiger partial charge in [0.1, 0.15) is 5.75 Å². The van der Waals surface area contributed by atoms with Crippen molar-refractivity contribution in [1.29, 1.82) is 5.26 Å². The van der Waals surface area contributed by atoms with Gasteiger partial charge in [-0.15, -0.1) is 0 Å². The number of carbonyl (C=O) groups is 1. The van der Waals surface area contributed by atoms with Gasteiger partial charge in [0.15, 0.2) is 6.61 Å². The van der Waals surface area contributed by atoms with Gasteiger partial charge in [-0.3, -0.25) is 9.78 Å². The molecule has 0 saturated heterocycles. The van der Waals surface area contributed by atoms with Crippen molar-refractivity contribution in [3.8, 4) is 11.8 Å². The quantitative estimate of drug-likeness (QED) is 0.664. The summed E-state index contributed by atoms with van der Waals surface area (Å²) in [6.45, 7) is -0.161. The minimum atomic E-state index is -0.383. The minimum absolute atomic E-state index is 0.161. The third kappa shape index (κ3) is 4.76. The Morgan fingerprint density at radius 3 is 2.81 bits per heavy atom. The van der Waals surface area contributed by atoms with Crippen LogP contribution >= 0.6 is 0 Å². The van der Waals surface area contributed by atoms with E-state index in [-0.39, 0.29) is 12.5 Å².